The van der Waals surface area contributed by atoms with Gasteiger partial charge in [0.1, 0.15) is 17.0 Å². The number of nitrogens with zero attached hydrogens (tertiary/aromatic N) is 4. The first-order valence-corrected chi connectivity index (χ1v) is 12.1. The van der Waals surface area contributed by atoms with Gasteiger partial charge in [-0.15, -0.1) is 0 Å². The zero-order valence-electron chi connectivity index (χ0n) is 19.0. The van der Waals surface area contributed by atoms with Crippen molar-refractivity contribution in [2.45, 2.75) is 38.8 Å². The molecule has 0 spiro atoms. The lowest BCUT2D eigenvalue weighted by molar-refractivity contribution is 0.0945. The normalized spacial score (nSPS) is 21.5. The van der Waals surface area contributed by atoms with Gasteiger partial charge in [0.05, 0.1) is 12.2 Å². The van der Waals surface area contributed by atoms with E-state index in [9.17, 15) is 9.59 Å². The van der Waals surface area contributed by atoms with E-state index in [1.165, 1.54) is 41.7 Å². The Bertz CT molecular complexity index is 1420. The Morgan fingerprint density at radius 3 is 2.82 bits per heavy atom. The molecule has 4 aromatic heterocycles. The highest BCUT2D eigenvalue weighted by Gasteiger charge is 2.38. The van der Waals surface area contributed by atoms with E-state index in [-0.39, 0.29) is 17.8 Å². The molecular weight excluding hydrogens is 428 g/mol. The lowest BCUT2D eigenvalue weighted by Gasteiger charge is -2.21. The van der Waals surface area contributed by atoms with Crippen LogP contribution in [0.2, 0.25) is 0 Å². The first kappa shape index (κ1) is 21.0. The highest BCUT2D eigenvalue weighted by molar-refractivity contribution is 5.92. The van der Waals surface area contributed by atoms with Crippen molar-refractivity contribution in [3.8, 4) is 0 Å². The van der Waals surface area contributed by atoms with Crippen LogP contribution in [-0.4, -0.2) is 31.2 Å². The van der Waals surface area contributed by atoms with E-state index in [4.69, 9.17) is 0 Å². The van der Waals surface area contributed by atoms with Crippen molar-refractivity contribution in [3.63, 3.8) is 0 Å². The number of carbonyl (C=O) groups is 1. The molecule has 0 unspecified atom stereocenters. The van der Waals surface area contributed by atoms with Crippen LogP contribution >= 0.6 is 0 Å². The SMILES string of the molecule is O=C(NCc1cn2cc(CNC[C@@H]3C[C@H]4CC[C@@H]3C4)ccc2n1)c1cc(=O)n2ccccc2n1. The molecule has 2 N–H and O–H groups in total. The van der Waals surface area contributed by atoms with Crippen molar-refractivity contribution in [3.05, 3.63) is 82.3 Å². The first-order valence-electron chi connectivity index (χ1n) is 12.1. The molecule has 2 aliphatic carbocycles. The van der Waals surface area contributed by atoms with E-state index in [0.29, 0.717) is 5.65 Å². The summed E-state index contributed by atoms with van der Waals surface area (Å²) in [5, 5.41) is 6.47. The smallest absolute Gasteiger partial charge is 0.270 e. The van der Waals surface area contributed by atoms with E-state index in [2.05, 4.69) is 32.9 Å². The minimum absolute atomic E-state index is 0.101. The number of fused-ring (bicyclic) bond motifs is 4. The fraction of sp³-hybridized carbons (Fsp3) is 0.385. The number of amides is 1. The van der Waals surface area contributed by atoms with Gasteiger partial charge in [-0.1, -0.05) is 18.6 Å². The number of hydrogen-bond donors (Lipinski definition) is 2. The summed E-state index contributed by atoms with van der Waals surface area (Å²) in [4.78, 5) is 33.7. The predicted molar refractivity (Wildman–Crippen MR) is 128 cm³/mol. The van der Waals surface area contributed by atoms with Gasteiger partial charge in [0.15, 0.2) is 0 Å². The van der Waals surface area contributed by atoms with Crippen molar-refractivity contribution < 1.29 is 4.79 Å². The van der Waals surface area contributed by atoms with Crippen molar-refractivity contribution in [1.82, 2.24) is 29.4 Å². The minimum Gasteiger partial charge on any atom is -0.345 e. The number of hydrogen-bond acceptors (Lipinski definition) is 5. The number of rotatable bonds is 7. The van der Waals surface area contributed by atoms with Crippen LogP contribution < -0.4 is 16.2 Å². The van der Waals surface area contributed by atoms with E-state index in [1.807, 2.05) is 16.7 Å². The zero-order valence-corrected chi connectivity index (χ0v) is 19.0. The average Bonchev–Trinajstić information content (AvgIpc) is 3.58. The van der Waals surface area contributed by atoms with Crippen molar-refractivity contribution >= 4 is 17.2 Å². The van der Waals surface area contributed by atoms with Crippen LogP contribution in [0.1, 0.15) is 47.4 Å². The van der Waals surface area contributed by atoms with Gasteiger partial charge in [-0.25, -0.2) is 9.97 Å². The molecule has 8 heteroatoms. The highest BCUT2D eigenvalue weighted by atomic mass is 16.2. The summed E-state index contributed by atoms with van der Waals surface area (Å²) in [5.74, 6) is 2.37. The van der Waals surface area contributed by atoms with Gasteiger partial charge in [0, 0.05) is 31.2 Å². The van der Waals surface area contributed by atoms with E-state index < -0.39 is 5.91 Å². The predicted octanol–water partition coefficient (Wildman–Crippen LogP) is 2.80. The second-order valence-corrected chi connectivity index (χ2v) is 9.69. The topological polar surface area (TPSA) is 92.8 Å². The summed E-state index contributed by atoms with van der Waals surface area (Å²) in [6.45, 7) is 2.21. The molecule has 3 atom stereocenters. The number of aromatic nitrogens is 4. The van der Waals surface area contributed by atoms with Crippen molar-refractivity contribution in [2.75, 3.05) is 6.54 Å². The molecule has 6 rings (SSSR count). The number of nitrogens with one attached hydrogen (secondary N) is 2. The molecule has 8 nitrogen and oxygen atoms in total. The van der Waals surface area contributed by atoms with Gasteiger partial charge in [0.25, 0.3) is 11.5 Å². The molecule has 2 saturated carbocycles. The molecule has 4 aromatic rings. The van der Waals surface area contributed by atoms with Gasteiger partial charge in [-0.3, -0.25) is 14.0 Å². The van der Waals surface area contributed by atoms with Crippen LogP contribution in [-0.2, 0) is 13.1 Å². The van der Waals surface area contributed by atoms with Crippen LogP contribution in [0.5, 0.6) is 0 Å². The Kier molecular flexibility index (Phi) is 5.37. The average molecular weight is 457 g/mol. The van der Waals surface area contributed by atoms with Crippen LogP contribution in [0, 0.1) is 17.8 Å². The maximum Gasteiger partial charge on any atom is 0.270 e. The maximum absolute atomic E-state index is 12.6. The fourth-order valence-corrected chi connectivity index (χ4v) is 5.74. The number of pyridine rings is 2. The van der Waals surface area contributed by atoms with Crippen molar-refractivity contribution in [1.29, 1.82) is 0 Å². The summed E-state index contributed by atoms with van der Waals surface area (Å²) in [7, 11) is 0. The van der Waals surface area contributed by atoms with E-state index in [0.717, 1.165) is 42.2 Å². The molecule has 0 saturated heterocycles. The lowest BCUT2D eigenvalue weighted by atomic mass is 9.89. The van der Waals surface area contributed by atoms with Gasteiger partial charge in [0.2, 0.25) is 0 Å². The third-order valence-corrected chi connectivity index (χ3v) is 7.42. The number of imidazole rings is 1. The highest BCUT2D eigenvalue weighted by Crippen LogP contribution is 2.47. The zero-order chi connectivity index (χ0) is 23.1. The van der Waals surface area contributed by atoms with Crippen LogP contribution in [0.25, 0.3) is 11.3 Å². The Morgan fingerprint density at radius 1 is 1.03 bits per heavy atom. The van der Waals surface area contributed by atoms with Crippen LogP contribution in [0.3, 0.4) is 0 Å². The summed E-state index contributed by atoms with van der Waals surface area (Å²) < 4.78 is 3.40. The summed E-state index contributed by atoms with van der Waals surface area (Å²) in [5.41, 5.74) is 3.05. The molecule has 0 radical (unpaired) electrons. The largest absolute Gasteiger partial charge is 0.345 e. The first-order chi connectivity index (χ1) is 16.6. The fourth-order valence-electron chi connectivity index (χ4n) is 5.74. The minimum atomic E-state index is -0.397. The summed E-state index contributed by atoms with van der Waals surface area (Å²) in [6.07, 6.45) is 11.4. The molecule has 2 bridgehead atoms. The molecule has 4 heterocycles. The molecular formula is C26H28N6O2. The van der Waals surface area contributed by atoms with Gasteiger partial charge in [-0.05, 0) is 67.3 Å². The summed E-state index contributed by atoms with van der Waals surface area (Å²) >= 11 is 0. The van der Waals surface area contributed by atoms with Crippen LogP contribution in [0.4, 0.5) is 0 Å². The number of carbonyl (C=O) groups excluding carboxylic acids is 1. The molecule has 174 valence electrons. The second-order valence-electron chi connectivity index (χ2n) is 9.69. The molecule has 1 amide bonds. The van der Waals surface area contributed by atoms with E-state index >= 15 is 0 Å². The van der Waals surface area contributed by atoms with Gasteiger partial charge in [-0.2, -0.15) is 0 Å². The Balaban J connectivity index is 1.07. The Labute approximate surface area is 197 Å². The monoisotopic (exact) mass is 456 g/mol. The Hall–Kier alpha value is -3.52. The quantitative estimate of drug-likeness (QED) is 0.446. The Morgan fingerprint density at radius 2 is 1.97 bits per heavy atom. The molecule has 0 aromatic carbocycles. The third kappa shape index (κ3) is 4.09. The van der Waals surface area contributed by atoms with Gasteiger partial charge < -0.3 is 15.0 Å². The lowest BCUT2D eigenvalue weighted by Crippen LogP contribution is -2.27. The standard InChI is InChI=1S/C26H28N6O2/c33-25-11-22(30-24-3-1-2-8-32(24)25)26(34)28-14-21-16-31-15-18(5-7-23(31)29-21)12-27-13-20-10-17-4-6-19(20)9-17/h1-3,5,7-8,11,15-17,19-20,27H,4,6,9-10,12-14H2,(H,28,34)/t17-,19+,20-/m0/s1. The van der Waals surface area contributed by atoms with Crippen molar-refractivity contribution in [2.24, 2.45) is 17.8 Å². The van der Waals surface area contributed by atoms with Crippen LogP contribution in [0.15, 0.2) is 59.8 Å². The summed E-state index contributed by atoms with van der Waals surface area (Å²) in [6, 6.07) is 10.6. The molecule has 34 heavy (non-hydrogen) atoms. The van der Waals surface area contributed by atoms with E-state index in [1.54, 1.807) is 24.4 Å². The molecule has 0 aliphatic heterocycles. The van der Waals surface area contributed by atoms with Gasteiger partial charge >= 0.3 is 0 Å². The third-order valence-electron chi connectivity index (χ3n) is 7.42. The molecule has 2 fully saturated rings. The second kappa shape index (κ2) is 8.68. The maximum atomic E-state index is 12.6. The molecule has 2 aliphatic rings.